The largest absolute Gasteiger partial charge is 0.361 e. The van der Waals surface area contributed by atoms with E-state index in [0.29, 0.717) is 22.9 Å². The van der Waals surface area contributed by atoms with Crippen LogP contribution in [-0.2, 0) is 0 Å². The second-order valence-corrected chi connectivity index (χ2v) is 6.86. The molecule has 134 valence electrons. The molecular formula is C19H18ClN3O3. The highest BCUT2D eigenvalue weighted by atomic mass is 35.5. The number of aromatic nitrogens is 2. The normalized spacial score (nSPS) is 17.0. The molecule has 0 spiro atoms. The molecule has 1 amide bonds. The summed E-state index contributed by atoms with van der Waals surface area (Å²) in [6, 6.07) is 8.90. The van der Waals surface area contributed by atoms with E-state index >= 15 is 0 Å². The molecule has 0 aliphatic carbocycles. The summed E-state index contributed by atoms with van der Waals surface area (Å²) < 4.78 is 10.7. The lowest BCUT2D eigenvalue weighted by molar-refractivity contribution is 0.0724. The van der Waals surface area contributed by atoms with Crippen molar-refractivity contribution in [1.82, 2.24) is 15.2 Å². The van der Waals surface area contributed by atoms with Gasteiger partial charge in [0.05, 0.1) is 16.8 Å². The molecule has 1 fully saturated rings. The molecule has 2 aromatic heterocycles. The van der Waals surface area contributed by atoms with Crippen LogP contribution in [0.2, 0.25) is 5.02 Å². The van der Waals surface area contributed by atoms with Crippen molar-refractivity contribution in [3.8, 4) is 11.3 Å². The number of amides is 1. The lowest BCUT2D eigenvalue weighted by Crippen LogP contribution is -2.31. The Hall–Kier alpha value is -2.60. The van der Waals surface area contributed by atoms with E-state index in [1.807, 2.05) is 36.9 Å². The van der Waals surface area contributed by atoms with Crippen molar-refractivity contribution in [1.29, 1.82) is 0 Å². The smallest absolute Gasteiger partial charge is 0.276 e. The van der Waals surface area contributed by atoms with E-state index in [9.17, 15) is 4.79 Å². The van der Waals surface area contributed by atoms with E-state index in [1.165, 1.54) is 0 Å². The number of benzene rings is 1. The van der Waals surface area contributed by atoms with E-state index in [4.69, 9.17) is 20.6 Å². The van der Waals surface area contributed by atoms with Gasteiger partial charge in [-0.1, -0.05) is 34.0 Å². The third-order valence-corrected chi connectivity index (χ3v) is 5.13. The maximum Gasteiger partial charge on any atom is 0.276 e. The SMILES string of the molecule is Cc1noc(C)c1C1CCCN1C(=O)c1cc(-c2ccccc2Cl)on1. The highest BCUT2D eigenvalue weighted by Gasteiger charge is 2.35. The molecule has 1 saturated heterocycles. The maximum absolute atomic E-state index is 13.0. The molecule has 1 aliphatic rings. The predicted molar refractivity (Wildman–Crippen MR) is 95.9 cm³/mol. The Kier molecular flexibility index (Phi) is 4.28. The molecule has 0 radical (unpaired) electrons. The standard InChI is InChI=1S/C19H18ClN3O3/c1-11-18(12(2)25-21-11)16-8-5-9-23(16)19(24)15-10-17(26-22-15)13-6-3-4-7-14(13)20/h3-4,6-7,10,16H,5,8-9H2,1-2H3. The van der Waals surface area contributed by atoms with Crippen molar-refractivity contribution < 1.29 is 13.8 Å². The number of hydrogen-bond donors (Lipinski definition) is 0. The van der Waals surface area contributed by atoms with Gasteiger partial charge in [-0.05, 0) is 38.8 Å². The zero-order valence-electron chi connectivity index (χ0n) is 14.5. The predicted octanol–water partition coefficient (Wildman–Crippen LogP) is 4.58. The van der Waals surface area contributed by atoms with E-state index in [-0.39, 0.29) is 17.6 Å². The number of halogens is 1. The van der Waals surface area contributed by atoms with Gasteiger partial charge >= 0.3 is 0 Å². The minimum absolute atomic E-state index is 0.0470. The van der Waals surface area contributed by atoms with E-state index in [0.717, 1.165) is 29.9 Å². The monoisotopic (exact) mass is 371 g/mol. The summed E-state index contributed by atoms with van der Waals surface area (Å²) in [5.41, 5.74) is 2.80. The van der Waals surface area contributed by atoms with Gasteiger partial charge in [-0.15, -0.1) is 0 Å². The average Bonchev–Trinajstić information content (AvgIpc) is 3.35. The van der Waals surface area contributed by atoms with Crippen molar-refractivity contribution in [3.05, 3.63) is 58.1 Å². The summed E-state index contributed by atoms with van der Waals surface area (Å²) in [5, 5.41) is 8.55. The van der Waals surface area contributed by atoms with Gasteiger partial charge in [0.2, 0.25) is 0 Å². The molecule has 7 heteroatoms. The molecule has 3 heterocycles. The molecule has 0 bridgehead atoms. The molecule has 0 N–H and O–H groups in total. The van der Waals surface area contributed by atoms with Crippen LogP contribution in [0, 0.1) is 13.8 Å². The molecular weight excluding hydrogens is 354 g/mol. The number of rotatable bonds is 3. The Balaban J connectivity index is 1.63. The topological polar surface area (TPSA) is 72.4 Å². The number of aryl methyl sites for hydroxylation is 2. The van der Waals surface area contributed by atoms with Crippen LogP contribution in [0.5, 0.6) is 0 Å². The van der Waals surface area contributed by atoms with Gasteiger partial charge in [-0.25, -0.2) is 0 Å². The Morgan fingerprint density at radius 1 is 1.23 bits per heavy atom. The molecule has 26 heavy (non-hydrogen) atoms. The van der Waals surface area contributed by atoms with Gasteiger partial charge in [-0.2, -0.15) is 0 Å². The summed E-state index contributed by atoms with van der Waals surface area (Å²) in [6.45, 7) is 4.45. The molecule has 0 saturated carbocycles. The van der Waals surface area contributed by atoms with Crippen LogP contribution in [0.4, 0.5) is 0 Å². The Morgan fingerprint density at radius 2 is 2.04 bits per heavy atom. The van der Waals surface area contributed by atoms with Gasteiger partial charge in [-0.3, -0.25) is 4.79 Å². The van der Waals surface area contributed by atoms with Crippen LogP contribution < -0.4 is 0 Å². The van der Waals surface area contributed by atoms with Gasteiger partial charge in [0.15, 0.2) is 11.5 Å². The van der Waals surface area contributed by atoms with E-state index < -0.39 is 0 Å². The molecule has 1 unspecified atom stereocenters. The molecule has 6 nitrogen and oxygen atoms in total. The lowest BCUT2D eigenvalue weighted by Gasteiger charge is -2.23. The third kappa shape index (κ3) is 2.80. The quantitative estimate of drug-likeness (QED) is 0.673. The Morgan fingerprint density at radius 3 is 2.77 bits per heavy atom. The van der Waals surface area contributed by atoms with E-state index in [2.05, 4.69) is 10.3 Å². The zero-order valence-corrected chi connectivity index (χ0v) is 15.3. The fourth-order valence-corrected chi connectivity index (χ4v) is 3.82. The van der Waals surface area contributed by atoms with Crippen LogP contribution >= 0.6 is 11.6 Å². The van der Waals surface area contributed by atoms with Crippen molar-refractivity contribution in [3.63, 3.8) is 0 Å². The van der Waals surface area contributed by atoms with Crippen LogP contribution in [0.25, 0.3) is 11.3 Å². The summed E-state index contributed by atoms with van der Waals surface area (Å²) in [7, 11) is 0. The average molecular weight is 372 g/mol. The number of hydrogen-bond acceptors (Lipinski definition) is 5. The number of carbonyl (C=O) groups is 1. The van der Waals surface area contributed by atoms with Crippen molar-refractivity contribution in [2.24, 2.45) is 0 Å². The maximum atomic E-state index is 13.0. The highest BCUT2D eigenvalue weighted by Crippen LogP contribution is 2.37. The van der Waals surface area contributed by atoms with Crippen molar-refractivity contribution >= 4 is 17.5 Å². The van der Waals surface area contributed by atoms with Crippen LogP contribution in [0.3, 0.4) is 0 Å². The number of nitrogens with zero attached hydrogens (tertiary/aromatic N) is 3. The minimum atomic E-state index is -0.158. The first-order chi connectivity index (χ1) is 12.6. The minimum Gasteiger partial charge on any atom is -0.361 e. The molecule has 4 rings (SSSR count). The van der Waals surface area contributed by atoms with Gasteiger partial charge in [0, 0.05) is 23.7 Å². The van der Waals surface area contributed by atoms with Crippen LogP contribution in [-0.4, -0.2) is 27.7 Å². The second-order valence-electron chi connectivity index (χ2n) is 6.45. The Labute approximate surface area is 155 Å². The fraction of sp³-hybridized carbons (Fsp3) is 0.316. The first-order valence-electron chi connectivity index (χ1n) is 8.51. The molecule has 1 aromatic carbocycles. The van der Waals surface area contributed by atoms with E-state index in [1.54, 1.807) is 12.1 Å². The molecule has 1 atom stereocenters. The van der Waals surface area contributed by atoms with Gasteiger partial charge in [0.25, 0.3) is 5.91 Å². The second kappa shape index (κ2) is 6.61. The lowest BCUT2D eigenvalue weighted by atomic mass is 10.0. The van der Waals surface area contributed by atoms with Gasteiger partial charge in [0.1, 0.15) is 5.76 Å². The summed E-state index contributed by atoms with van der Waals surface area (Å²) >= 11 is 6.20. The van der Waals surface area contributed by atoms with Gasteiger partial charge < -0.3 is 13.9 Å². The number of carbonyl (C=O) groups excluding carboxylic acids is 1. The molecule has 3 aromatic rings. The first-order valence-corrected chi connectivity index (χ1v) is 8.89. The Bertz CT molecular complexity index is 943. The zero-order chi connectivity index (χ0) is 18.3. The van der Waals surface area contributed by atoms with Crippen LogP contribution in [0.15, 0.2) is 39.4 Å². The molecule has 1 aliphatic heterocycles. The summed E-state index contributed by atoms with van der Waals surface area (Å²) in [6.07, 6.45) is 1.81. The summed E-state index contributed by atoms with van der Waals surface area (Å²) in [5.74, 6) is 1.07. The first kappa shape index (κ1) is 16.8. The third-order valence-electron chi connectivity index (χ3n) is 4.80. The van der Waals surface area contributed by atoms with Crippen LogP contribution in [0.1, 0.15) is 46.4 Å². The van der Waals surface area contributed by atoms with Crippen molar-refractivity contribution in [2.75, 3.05) is 6.54 Å². The number of likely N-dealkylation sites (tertiary alicyclic amines) is 1. The fourth-order valence-electron chi connectivity index (χ4n) is 3.59. The summed E-state index contributed by atoms with van der Waals surface area (Å²) in [4.78, 5) is 14.8. The highest BCUT2D eigenvalue weighted by molar-refractivity contribution is 6.33. The van der Waals surface area contributed by atoms with Crippen molar-refractivity contribution in [2.45, 2.75) is 32.7 Å².